The van der Waals surface area contributed by atoms with Crippen LogP contribution in [0.3, 0.4) is 0 Å². The Labute approximate surface area is 120 Å². The molecule has 20 heavy (non-hydrogen) atoms. The van der Waals surface area contributed by atoms with E-state index < -0.39 is 5.54 Å². The lowest BCUT2D eigenvalue weighted by atomic mass is 9.75. The number of hydrogen-bond donors (Lipinski definition) is 2. The summed E-state index contributed by atoms with van der Waals surface area (Å²) in [6.07, 6.45) is 9.07. The number of fused-ring (bicyclic) bond motifs is 1. The summed E-state index contributed by atoms with van der Waals surface area (Å²) in [6.45, 7) is 0. The van der Waals surface area contributed by atoms with Crippen molar-refractivity contribution in [3.63, 3.8) is 0 Å². The number of carbonyl (C=O) groups excluding carboxylic acids is 1. The molecule has 0 radical (unpaired) electrons. The third kappa shape index (κ3) is 2.35. The van der Waals surface area contributed by atoms with Crippen molar-refractivity contribution in [2.75, 3.05) is 0 Å². The molecule has 108 valence electrons. The number of benzene rings is 1. The van der Waals surface area contributed by atoms with Gasteiger partial charge in [-0.3, -0.25) is 10.1 Å². The van der Waals surface area contributed by atoms with Gasteiger partial charge in [0.25, 0.3) is 0 Å². The van der Waals surface area contributed by atoms with Gasteiger partial charge in [-0.1, -0.05) is 43.5 Å². The Morgan fingerprint density at radius 2 is 1.90 bits per heavy atom. The van der Waals surface area contributed by atoms with E-state index in [0.29, 0.717) is 6.04 Å². The molecule has 2 aliphatic rings. The molecule has 3 heteroatoms. The van der Waals surface area contributed by atoms with Crippen molar-refractivity contribution in [1.29, 1.82) is 0 Å². The number of hydrogen-bond acceptors (Lipinski definition) is 2. The first-order valence-corrected chi connectivity index (χ1v) is 7.88. The van der Waals surface area contributed by atoms with Gasteiger partial charge in [-0.05, 0) is 43.2 Å². The van der Waals surface area contributed by atoms with Crippen LogP contribution in [0.15, 0.2) is 24.3 Å². The number of amides is 1. The highest BCUT2D eigenvalue weighted by Crippen LogP contribution is 2.36. The lowest BCUT2D eigenvalue weighted by Crippen LogP contribution is -2.58. The number of primary amides is 1. The van der Waals surface area contributed by atoms with Crippen LogP contribution in [0.4, 0.5) is 0 Å². The molecule has 2 aliphatic carbocycles. The van der Waals surface area contributed by atoms with E-state index in [1.807, 2.05) is 6.07 Å². The Bertz CT molecular complexity index is 494. The first-order chi connectivity index (χ1) is 9.72. The van der Waals surface area contributed by atoms with Gasteiger partial charge in [0.05, 0.1) is 0 Å². The molecule has 1 atom stereocenters. The van der Waals surface area contributed by atoms with E-state index >= 15 is 0 Å². The van der Waals surface area contributed by atoms with E-state index in [1.165, 1.54) is 24.8 Å². The maximum atomic E-state index is 12.3. The van der Waals surface area contributed by atoms with Crippen molar-refractivity contribution in [2.45, 2.75) is 62.9 Å². The monoisotopic (exact) mass is 272 g/mol. The molecule has 1 aromatic carbocycles. The Hall–Kier alpha value is -1.35. The molecular formula is C17H24N2O. The molecular weight excluding hydrogens is 248 g/mol. The summed E-state index contributed by atoms with van der Waals surface area (Å²) in [5.74, 6) is -0.213. The minimum Gasteiger partial charge on any atom is -0.368 e. The molecule has 1 unspecified atom stereocenters. The van der Waals surface area contributed by atoms with Gasteiger partial charge < -0.3 is 5.73 Å². The maximum Gasteiger partial charge on any atom is 0.242 e. The van der Waals surface area contributed by atoms with Crippen molar-refractivity contribution in [2.24, 2.45) is 5.73 Å². The average molecular weight is 272 g/mol. The highest BCUT2D eigenvalue weighted by Gasteiger charge is 2.43. The molecule has 1 fully saturated rings. The third-order valence-corrected chi connectivity index (χ3v) is 4.95. The zero-order valence-electron chi connectivity index (χ0n) is 12.0. The Morgan fingerprint density at radius 1 is 1.15 bits per heavy atom. The largest absolute Gasteiger partial charge is 0.368 e. The second-order valence-electron chi connectivity index (χ2n) is 6.26. The van der Waals surface area contributed by atoms with Gasteiger partial charge >= 0.3 is 0 Å². The van der Waals surface area contributed by atoms with Gasteiger partial charge in [0.1, 0.15) is 5.54 Å². The number of nitrogens with two attached hydrogens (primary N) is 1. The summed E-state index contributed by atoms with van der Waals surface area (Å²) >= 11 is 0. The van der Waals surface area contributed by atoms with Crippen LogP contribution in [0.25, 0.3) is 0 Å². The minimum absolute atomic E-state index is 0.213. The molecule has 1 saturated carbocycles. The van der Waals surface area contributed by atoms with Crippen LogP contribution in [0, 0.1) is 0 Å². The van der Waals surface area contributed by atoms with Crippen LogP contribution in [0.1, 0.15) is 56.1 Å². The SMILES string of the molecule is NC(=O)C1(NC2CCCCC2)CCCc2ccccc21. The lowest BCUT2D eigenvalue weighted by molar-refractivity contribution is -0.126. The number of carbonyl (C=O) groups is 1. The molecule has 0 aromatic heterocycles. The smallest absolute Gasteiger partial charge is 0.242 e. The van der Waals surface area contributed by atoms with Crippen LogP contribution in [-0.2, 0) is 16.8 Å². The standard InChI is InChI=1S/C17H24N2O/c18-16(20)17(19-14-9-2-1-3-10-14)12-6-8-13-7-4-5-11-15(13)17/h4-5,7,11,14,19H,1-3,6,8-10,12H2,(H2,18,20). The fraction of sp³-hybridized carbons (Fsp3) is 0.588. The highest BCUT2D eigenvalue weighted by atomic mass is 16.1. The van der Waals surface area contributed by atoms with E-state index in [2.05, 4.69) is 23.5 Å². The van der Waals surface area contributed by atoms with Crippen LogP contribution in [0.2, 0.25) is 0 Å². The molecule has 1 aromatic rings. The minimum atomic E-state index is -0.642. The molecule has 0 bridgehead atoms. The first kappa shape index (κ1) is 13.6. The Balaban J connectivity index is 1.94. The zero-order chi connectivity index (χ0) is 14.0. The number of rotatable bonds is 3. The summed E-state index contributed by atoms with van der Waals surface area (Å²) in [6, 6.07) is 8.72. The summed E-state index contributed by atoms with van der Waals surface area (Å²) in [5.41, 5.74) is 7.58. The topological polar surface area (TPSA) is 55.1 Å². The van der Waals surface area contributed by atoms with Crippen LogP contribution in [0.5, 0.6) is 0 Å². The van der Waals surface area contributed by atoms with Crippen molar-refractivity contribution < 1.29 is 4.79 Å². The quantitative estimate of drug-likeness (QED) is 0.888. The Kier molecular flexibility index (Phi) is 3.79. The molecule has 3 rings (SSSR count). The van der Waals surface area contributed by atoms with Crippen molar-refractivity contribution in [3.05, 3.63) is 35.4 Å². The molecule has 1 amide bonds. The summed E-state index contributed by atoms with van der Waals surface area (Å²) in [7, 11) is 0. The number of aryl methyl sites for hydroxylation is 1. The van der Waals surface area contributed by atoms with Crippen molar-refractivity contribution in [1.82, 2.24) is 5.32 Å². The second kappa shape index (κ2) is 5.57. The van der Waals surface area contributed by atoms with Gasteiger partial charge in [0.15, 0.2) is 0 Å². The molecule has 3 N–H and O–H groups in total. The van der Waals surface area contributed by atoms with E-state index in [9.17, 15) is 4.79 Å². The van der Waals surface area contributed by atoms with Crippen LogP contribution < -0.4 is 11.1 Å². The normalized spacial score (nSPS) is 27.0. The molecule has 3 nitrogen and oxygen atoms in total. The fourth-order valence-electron chi connectivity index (χ4n) is 3.91. The van der Waals surface area contributed by atoms with Gasteiger partial charge in [-0.15, -0.1) is 0 Å². The molecule has 0 spiro atoms. The van der Waals surface area contributed by atoms with Gasteiger partial charge in [0.2, 0.25) is 5.91 Å². The number of nitrogens with one attached hydrogen (secondary N) is 1. The van der Waals surface area contributed by atoms with E-state index in [1.54, 1.807) is 0 Å². The Morgan fingerprint density at radius 3 is 2.65 bits per heavy atom. The van der Waals surface area contributed by atoms with Gasteiger partial charge in [0, 0.05) is 6.04 Å². The predicted octanol–water partition coefficient (Wildman–Crippen LogP) is 2.63. The average Bonchev–Trinajstić information content (AvgIpc) is 2.48. The van der Waals surface area contributed by atoms with Crippen LogP contribution in [-0.4, -0.2) is 11.9 Å². The highest BCUT2D eigenvalue weighted by molar-refractivity contribution is 5.87. The first-order valence-electron chi connectivity index (χ1n) is 7.88. The fourth-order valence-corrected chi connectivity index (χ4v) is 3.91. The molecule has 0 saturated heterocycles. The van der Waals surface area contributed by atoms with E-state index in [-0.39, 0.29) is 5.91 Å². The molecule has 0 heterocycles. The van der Waals surface area contributed by atoms with Crippen molar-refractivity contribution >= 4 is 5.91 Å². The predicted molar refractivity (Wildman–Crippen MR) is 80.3 cm³/mol. The second-order valence-corrected chi connectivity index (χ2v) is 6.26. The zero-order valence-corrected chi connectivity index (χ0v) is 12.0. The van der Waals surface area contributed by atoms with Crippen LogP contribution >= 0.6 is 0 Å². The van der Waals surface area contributed by atoms with E-state index in [4.69, 9.17) is 5.73 Å². The van der Waals surface area contributed by atoms with E-state index in [0.717, 1.165) is 37.7 Å². The molecule has 0 aliphatic heterocycles. The van der Waals surface area contributed by atoms with Gasteiger partial charge in [-0.25, -0.2) is 0 Å². The van der Waals surface area contributed by atoms with Gasteiger partial charge in [-0.2, -0.15) is 0 Å². The summed E-state index contributed by atoms with van der Waals surface area (Å²) in [5, 5.41) is 3.65. The maximum absolute atomic E-state index is 12.3. The summed E-state index contributed by atoms with van der Waals surface area (Å²) < 4.78 is 0. The third-order valence-electron chi connectivity index (χ3n) is 4.95. The van der Waals surface area contributed by atoms with Crippen molar-refractivity contribution in [3.8, 4) is 0 Å². The lowest BCUT2D eigenvalue weighted by Gasteiger charge is -2.41. The summed E-state index contributed by atoms with van der Waals surface area (Å²) in [4.78, 5) is 12.3.